The SMILES string of the molecule is C=CCCCCC(C)NC1(F)C=C(F)C(C(=O)OC)C(F)=C1. The van der Waals surface area contributed by atoms with Crippen molar-refractivity contribution in [3.05, 3.63) is 36.5 Å². The predicted octanol–water partition coefficient (Wildman–Crippen LogP) is 3.89. The number of alkyl halides is 1. The Bertz CT molecular complexity index is 454. The highest BCUT2D eigenvalue weighted by molar-refractivity contribution is 5.78. The molecule has 3 nitrogen and oxygen atoms in total. The third-order valence-corrected chi connectivity index (χ3v) is 3.45. The first-order valence-corrected chi connectivity index (χ1v) is 7.24. The molecule has 0 heterocycles. The smallest absolute Gasteiger partial charge is 0.322 e. The van der Waals surface area contributed by atoms with Crippen LogP contribution in [-0.4, -0.2) is 24.9 Å². The molecule has 1 rings (SSSR count). The minimum absolute atomic E-state index is 0.280. The van der Waals surface area contributed by atoms with Crippen molar-refractivity contribution in [2.45, 2.75) is 44.4 Å². The van der Waals surface area contributed by atoms with Crippen LogP contribution < -0.4 is 5.32 Å². The molecule has 1 unspecified atom stereocenters. The number of ether oxygens (including phenoxy) is 1. The van der Waals surface area contributed by atoms with E-state index in [1.54, 1.807) is 13.0 Å². The van der Waals surface area contributed by atoms with Crippen LogP contribution in [0.3, 0.4) is 0 Å². The number of halogens is 3. The molecule has 124 valence electrons. The number of rotatable bonds is 8. The van der Waals surface area contributed by atoms with Crippen LogP contribution in [0, 0.1) is 5.92 Å². The van der Waals surface area contributed by atoms with Gasteiger partial charge in [-0.05, 0) is 26.2 Å². The second-order valence-corrected chi connectivity index (χ2v) is 5.40. The van der Waals surface area contributed by atoms with E-state index in [-0.39, 0.29) is 6.04 Å². The third-order valence-electron chi connectivity index (χ3n) is 3.45. The summed E-state index contributed by atoms with van der Waals surface area (Å²) in [6, 6.07) is -0.280. The Balaban J connectivity index is 2.69. The van der Waals surface area contributed by atoms with Crippen molar-refractivity contribution in [3.63, 3.8) is 0 Å². The van der Waals surface area contributed by atoms with Crippen molar-refractivity contribution >= 4 is 5.97 Å². The van der Waals surface area contributed by atoms with E-state index in [1.807, 2.05) is 0 Å². The first-order valence-electron chi connectivity index (χ1n) is 7.24. The Labute approximate surface area is 128 Å². The van der Waals surface area contributed by atoms with E-state index < -0.39 is 29.3 Å². The summed E-state index contributed by atoms with van der Waals surface area (Å²) < 4.78 is 46.5. The summed E-state index contributed by atoms with van der Waals surface area (Å²) in [5, 5.41) is 2.53. The van der Waals surface area contributed by atoms with E-state index in [0.29, 0.717) is 18.6 Å². The van der Waals surface area contributed by atoms with Gasteiger partial charge in [0, 0.05) is 18.2 Å². The zero-order valence-electron chi connectivity index (χ0n) is 12.9. The van der Waals surface area contributed by atoms with Gasteiger partial charge in [0.15, 0.2) is 5.92 Å². The van der Waals surface area contributed by atoms with Crippen LogP contribution in [-0.2, 0) is 9.53 Å². The molecule has 0 amide bonds. The number of carbonyl (C=O) groups excluding carboxylic acids is 1. The fourth-order valence-electron chi connectivity index (χ4n) is 2.36. The molecule has 0 radical (unpaired) electrons. The molecule has 1 N–H and O–H groups in total. The van der Waals surface area contributed by atoms with Crippen LogP contribution in [0.5, 0.6) is 0 Å². The molecule has 22 heavy (non-hydrogen) atoms. The molecule has 0 bridgehead atoms. The average molecular weight is 317 g/mol. The van der Waals surface area contributed by atoms with Gasteiger partial charge in [-0.25, -0.2) is 13.2 Å². The van der Waals surface area contributed by atoms with E-state index in [9.17, 15) is 18.0 Å². The van der Waals surface area contributed by atoms with Gasteiger partial charge in [-0.15, -0.1) is 6.58 Å². The lowest BCUT2D eigenvalue weighted by Gasteiger charge is -2.29. The summed E-state index contributed by atoms with van der Waals surface area (Å²) in [5.41, 5.74) is 0. The van der Waals surface area contributed by atoms with E-state index in [4.69, 9.17) is 0 Å². The van der Waals surface area contributed by atoms with Crippen molar-refractivity contribution in [2.24, 2.45) is 5.92 Å². The summed E-state index contributed by atoms with van der Waals surface area (Å²) in [5.74, 6) is -7.74. The van der Waals surface area contributed by atoms with E-state index in [1.165, 1.54) is 0 Å². The first-order chi connectivity index (χ1) is 10.3. The van der Waals surface area contributed by atoms with Crippen molar-refractivity contribution in [3.8, 4) is 0 Å². The maximum Gasteiger partial charge on any atom is 0.322 e. The van der Waals surface area contributed by atoms with Gasteiger partial charge in [0.05, 0.1) is 7.11 Å². The minimum atomic E-state index is -2.45. The highest BCUT2D eigenvalue weighted by atomic mass is 19.2. The van der Waals surface area contributed by atoms with Crippen LogP contribution in [0.25, 0.3) is 0 Å². The Morgan fingerprint density at radius 1 is 1.45 bits per heavy atom. The fourth-order valence-corrected chi connectivity index (χ4v) is 2.36. The van der Waals surface area contributed by atoms with Crippen LogP contribution in [0.15, 0.2) is 36.5 Å². The van der Waals surface area contributed by atoms with Gasteiger partial charge in [0.2, 0.25) is 5.79 Å². The largest absolute Gasteiger partial charge is 0.468 e. The van der Waals surface area contributed by atoms with Gasteiger partial charge >= 0.3 is 5.97 Å². The van der Waals surface area contributed by atoms with Gasteiger partial charge < -0.3 is 4.74 Å². The van der Waals surface area contributed by atoms with Crippen LogP contribution >= 0.6 is 0 Å². The summed E-state index contributed by atoms with van der Waals surface area (Å²) in [4.78, 5) is 11.3. The second kappa shape index (κ2) is 8.17. The first kappa shape index (κ1) is 18.5. The van der Waals surface area contributed by atoms with Crippen LogP contribution in [0.2, 0.25) is 0 Å². The minimum Gasteiger partial charge on any atom is -0.468 e. The van der Waals surface area contributed by atoms with Crippen molar-refractivity contribution < 1.29 is 22.7 Å². The lowest BCUT2D eigenvalue weighted by atomic mass is 9.95. The zero-order valence-corrected chi connectivity index (χ0v) is 12.9. The van der Waals surface area contributed by atoms with Crippen molar-refractivity contribution in [1.29, 1.82) is 0 Å². The molecule has 1 aliphatic rings. The molecular formula is C16H22F3NO2. The number of esters is 1. The number of unbranched alkanes of at least 4 members (excludes halogenated alkanes) is 2. The maximum atomic E-state index is 14.5. The van der Waals surface area contributed by atoms with Gasteiger partial charge in [-0.3, -0.25) is 10.1 Å². The standard InChI is InChI=1S/C16H22F3NO2/c1-4-5-6-7-8-11(2)20-16(19)9-12(17)14(13(18)10-16)15(21)22-3/h4,9-11,14,20H,1,5-8H2,2-3H3. The molecule has 0 aromatic rings. The Hall–Kier alpha value is -1.56. The summed E-state index contributed by atoms with van der Waals surface area (Å²) in [6.45, 7) is 5.35. The summed E-state index contributed by atoms with van der Waals surface area (Å²) in [7, 11) is 1.02. The Morgan fingerprint density at radius 3 is 2.55 bits per heavy atom. The molecule has 0 aromatic heterocycles. The molecule has 1 aliphatic carbocycles. The number of hydrogen-bond acceptors (Lipinski definition) is 3. The number of hydrogen-bond donors (Lipinski definition) is 1. The molecular weight excluding hydrogens is 295 g/mol. The maximum absolute atomic E-state index is 14.5. The quantitative estimate of drug-likeness (QED) is 0.319. The molecule has 6 heteroatoms. The summed E-state index contributed by atoms with van der Waals surface area (Å²) >= 11 is 0. The van der Waals surface area contributed by atoms with Crippen LogP contribution in [0.1, 0.15) is 32.6 Å². The van der Waals surface area contributed by atoms with Gasteiger partial charge in [-0.1, -0.05) is 12.5 Å². The van der Waals surface area contributed by atoms with Gasteiger partial charge in [0.1, 0.15) is 11.7 Å². The van der Waals surface area contributed by atoms with Gasteiger partial charge in [-0.2, -0.15) is 0 Å². The molecule has 1 atom stereocenters. The van der Waals surface area contributed by atoms with E-state index >= 15 is 0 Å². The number of allylic oxidation sites excluding steroid dienone is 1. The fraction of sp³-hybridized carbons (Fsp3) is 0.562. The number of methoxy groups -OCH3 is 1. The Kier molecular flexibility index (Phi) is 6.87. The van der Waals surface area contributed by atoms with Crippen molar-refractivity contribution in [1.82, 2.24) is 5.32 Å². The van der Waals surface area contributed by atoms with Crippen molar-refractivity contribution in [2.75, 3.05) is 7.11 Å². The molecule has 0 fully saturated rings. The van der Waals surface area contributed by atoms with Crippen LogP contribution in [0.4, 0.5) is 13.2 Å². The lowest BCUT2D eigenvalue weighted by Crippen LogP contribution is -2.45. The lowest BCUT2D eigenvalue weighted by molar-refractivity contribution is -0.144. The predicted molar refractivity (Wildman–Crippen MR) is 79.0 cm³/mol. The highest BCUT2D eigenvalue weighted by Crippen LogP contribution is 2.34. The van der Waals surface area contributed by atoms with E-state index in [0.717, 1.165) is 26.4 Å². The Morgan fingerprint density at radius 2 is 2.05 bits per heavy atom. The second-order valence-electron chi connectivity index (χ2n) is 5.40. The normalized spacial score (nSPS) is 26.0. The molecule has 0 aliphatic heterocycles. The third kappa shape index (κ3) is 5.02. The van der Waals surface area contributed by atoms with Gasteiger partial charge in [0.25, 0.3) is 0 Å². The molecule has 0 aromatic carbocycles. The number of nitrogens with one attached hydrogen (secondary N) is 1. The van der Waals surface area contributed by atoms with E-state index in [2.05, 4.69) is 16.6 Å². The zero-order chi connectivity index (χ0) is 16.8. The molecule has 0 spiro atoms. The molecule has 0 saturated carbocycles. The molecule has 0 saturated heterocycles. The average Bonchev–Trinajstić information content (AvgIpc) is 2.41. The summed E-state index contributed by atoms with van der Waals surface area (Å²) in [6.07, 6.45) is 6.27. The monoisotopic (exact) mass is 317 g/mol. The number of carbonyl (C=O) groups is 1. The topological polar surface area (TPSA) is 38.3 Å². The highest BCUT2D eigenvalue weighted by Gasteiger charge is 2.40.